The van der Waals surface area contributed by atoms with Gasteiger partial charge in [0.1, 0.15) is 6.54 Å². The van der Waals surface area contributed by atoms with Crippen molar-refractivity contribution in [2.24, 2.45) is 0 Å². The number of aliphatic hydroxyl groups excluding tert-OH is 1. The summed E-state index contributed by atoms with van der Waals surface area (Å²) in [7, 11) is 0. The molecule has 0 saturated carbocycles. The van der Waals surface area contributed by atoms with E-state index < -0.39 is 0 Å². The molecular formula is C11H15N3O2. The minimum absolute atomic E-state index is 0.0209. The number of aliphatic hydroxyl groups is 1. The van der Waals surface area contributed by atoms with Crippen molar-refractivity contribution < 1.29 is 9.63 Å². The molecule has 0 amide bonds. The topological polar surface area (TPSA) is 64.1 Å². The summed E-state index contributed by atoms with van der Waals surface area (Å²) in [5.41, 5.74) is 3.57. The molecule has 2 rings (SSSR count). The summed E-state index contributed by atoms with van der Waals surface area (Å²) in [4.78, 5) is 0. The van der Waals surface area contributed by atoms with Crippen LogP contribution in [-0.2, 0) is 13.2 Å². The SMILES string of the molecule is Cc1cc(Cn2nc(C)c(CO)c2C)on1. The van der Waals surface area contributed by atoms with E-state index in [0.717, 1.165) is 28.4 Å². The third kappa shape index (κ3) is 1.86. The molecule has 0 atom stereocenters. The highest BCUT2D eigenvalue weighted by atomic mass is 16.5. The lowest BCUT2D eigenvalue weighted by Crippen LogP contribution is -2.03. The first-order chi connectivity index (χ1) is 7.61. The zero-order valence-corrected chi connectivity index (χ0v) is 9.69. The second kappa shape index (κ2) is 4.09. The Bertz CT molecular complexity index is 499. The highest BCUT2D eigenvalue weighted by molar-refractivity contribution is 5.24. The lowest BCUT2D eigenvalue weighted by molar-refractivity contribution is 0.280. The first kappa shape index (κ1) is 10.9. The van der Waals surface area contributed by atoms with Crippen LogP contribution in [0.25, 0.3) is 0 Å². The first-order valence-electron chi connectivity index (χ1n) is 5.17. The summed E-state index contributed by atoms with van der Waals surface area (Å²) in [6, 6.07) is 1.88. The Hall–Kier alpha value is -1.62. The third-order valence-corrected chi connectivity index (χ3v) is 2.67. The monoisotopic (exact) mass is 221 g/mol. The molecule has 2 aromatic heterocycles. The van der Waals surface area contributed by atoms with Crippen molar-refractivity contribution in [3.05, 3.63) is 34.5 Å². The van der Waals surface area contributed by atoms with Crippen molar-refractivity contribution in [2.45, 2.75) is 33.9 Å². The normalized spacial score (nSPS) is 11.0. The van der Waals surface area contributed by atoms with Crippen LogP contribution in [0.4, 0.5) is 0 Å². The predicted octanol–water partition coefficient (Wildman–Crippen LogP) is 1.34. The maximum absolute atomic E-state index is 9.19. The maximum atomic E-state index is 9.19. The van der Waals surface area contributed by atoms with Crippen LogP contribution >= 0.6 is 0 Å². The van der Waals surface area contributed by atoms with Crippen LogP contribution in [0, 0.1) is 20.8 Å². The molecule has 0 aliphatic heterocycles. The fourth-order valence-corrected chi connectivity index (χ4v) is 1.76. The molecule has 2 heterocycles. The fourth-order valence-electron chi connectivity index (χ4n) is 1.76. The molecule has 16 heavy (non-hydrogen) atoms. The van der Waals surface area contributed by atoms with Gasteiger partial charge in [0.25, 0.3) is 0 Å². The van der Waals surface area contributed by atoms with E-state index in [-0.39, 0.29) is 6.61 Å². The van der Waals surface area contributed by atoms with Crippen molar-refractivity contribution >= 4 is 0 Å². The van der Waals surface area contributed by atoms with Crippen molar-refractivity contribution in [3.8, 4) is 0 Å². The number of hydrogen-bond acceptors (Lipinski definition) is 4. The molecule has 0 bridgehead atoms. The van der Waals surface area contributed by atoms with E-state index in [1.54, 1.807) is 0 Å². The minimum atomic E-state index is 0.0209. The second-order valence-electron chi connectivity index (χ2n) is 3.90. The van der Waals surface area contributed by atoms with E-state index in [1.807, 2.05) is 31.5 Å². The van der Waals surface area contributed by atoms with Crippen LogP contribution in [0.15, 0.2) is 10.6 Å². The number of rotatable bonds is 3. The van der Waals surface area contributed by atoms with E-state index in [4.69, 9.17) is 4.52 Å². The summed E-state index contributed by atoms with van der Waals surface area (Å²) < 4.78 is 6.95. The average Bonchev–Trinajstić information content (AvgIpc) is 2.74. The van der Waals surface area contributed by atoms with E-state index in [9.17, 15) is 5.11 Å². The molecule has 0 aromatic carbocycles. The number of hydrogen-bond donors (Lipinski definition) is 1. The lowest BCUT2D eigenvalue weighted by atomic mass is 10.2. The summed E-state index contributed by atoms with van der Waals surface area (Å²) in [6.45, 7) is 6.28. The van der Waals surface area contributed by atoms with Crippen LogP contribution in [0.3, 0.4) is 0 Å². The fraction of sp³-hybridized carbons (Fsp3) is 0.455. The van der Waals surface area contributed by atoms with E-state index >= 15 is 0 Å². The quantitative estimate of drug-likeness (QED) is 0.849. The molecule has 1 N–H and O–H groups in total. The predicted molar refractivity (Wildman–Crippen MR) is 58.0 cm³/mol. The van der Waals surface area contributed by atoms with Crippen LogP contribution in [0.2, 0.25) is 0 Å². The van der Waals surface area contributed by atoms with Crippen molar-refractivity contribution in [1.29, 1.82) is 0 Å². The molecule has 5 nitrogen and oxygen atoms in total. The molecule has 0 fully saturated rings. The van der Waals surface area contributed by atoms with Gasteiger partial charge in [-0.05, 0) is 20.8 Å². The van der Waals surface area contributed by atoms with Gasteiger partial charge < -0.3 is 9.63 Å². The Labute approximate surface area is 93.7 Å². The highest BCUT2D eigenvalue weighted by Crippen LogP contribution is 2.14. The third-order valence-electron chi connectivity index (χ3n) is 2.67. The molecule has 0 saturated heterocycles. The number of aryl methyl sites for hydroxylation is 2. The van der Waals surface area contributed by atoms with Crippen molar-refractivity contribution in [2.75, 3.05) is 0 Å². The van der Waals surface area contributed by atoms with E-state index in [0.29, 0.717) is 6.54 Å². The van der Waals surface area contributed by atoms with Crippen LogP contribution in [0.5, 0.6) is 0 Å². The molecule has 2 aromatic rings. The van der Waals surface area contributed by atoms with Crippen molar-refractivity contribution in [3.63, 3.8) is 0 Å². The Morgan fingerprint density at radius 1 is 1.38 bits per heavy atom. The molecule has 0 spiro atoms. The number of aromatic nitrogens is 3. The Morgan fingerprint density at radius 2 is 2.12 bits per heavy atom. The molecule has 0 radical (unpaired) electrons. The molecule has 0 unspecified atom stereocenters. The van der Waals surface area contributed by atoms with E-state index in [1.165, 1.54) is 0 Å². The first-order valence-corrected chi connectivity index (χ1v) is 5.17. The lowest BCUT2D eigenvalue weighted by Gasteiger charge is -2.01. The van der Waals surface area contributed by atoms with Gasteiger partial charge in [0.15, 0.2) is 5.76 Å². The van der Waals surface area contributed by atoms with Gasteiger partial charge in [-0.25, -0.2) is 0 Å². The van der Waals surface area contributed by atoms with Crippen LogP contribution in [0.1, 0.15) is 28.4 Å². The van der Waals surface area contributed by atoms with Gasteiger partial charge in [-0.1, -0.05) is 5.16 Å². The Balaban J connectivity index is 2.28. The summed E-state index contributed by atoms with van der Waals surface area (Å²) >= 11 is 0. The zero-order valence-electron chi connectivity index (χ0n) is 9.69. The maximum Gasteiger partial charge on any atom is 0.158 e. The summed E-state index contributed by atoms with van der Waals surface area (Å²) in [5.74, 6) is 0.771. The minimum Gasteiger partial charge on any atom is -0.392 e. The van der Waals surface area contributed by atoms with Crippen LogP contribution < -0.4 is 0 Å². The van der Waals surface area contributed by atoms with E-state index in [2.05, 4.69) is 10.3 Å². The Morgan fingerprint density at radius 3 is 2.62 bits per heavy atom. The van der Waals surface area contributed by atoms with Crippen LogP contribution in [-0.4, -0.2) is 20.0 Å². The number of nitrogens with zero attached hydrogens (tertiary/aromatic N) is 3. The molecule has 0 aliphatic carbocycles. The highest BCUT2D eigenvalue weighted by Gasteiger charge is 2.12. The van der Waals surface area contributed by atoms with Gasteiger partial charge >= 0.3 is 0 Å². The largest absolute Gasteiger partial charge is 0.392 e. The molecular weight excluding hydrogens is 206 g/mol. The summed E-state index contributed by atoms with van der Waals surface area (Å²) in [6.07, 6.45) is 0. The van der Waals surface area contributed by atoms with Gasteiger partial charge in [-0.2, -0.15) is 5.10 Å². The van der Waals surface area contributed by atoms with Gasteiger partial charge in [-0.15, -0.1) is 0 Å². The molecule has 5 heteroatoms. The smallest absolute Gasteiger partial charge is 0.158 e. The molecule has 0 aliphatic rings. The van der Waals surface area contributed by atoms with Gasteiger partial charge in [0.2, 0.25) is 0 Å². The zero-order chi connectivity index (χ0) is 11.7. The summed E-state index contributed by atoms with van der Waals surface area (Å²) in [5, 5.41) is 17.4. The van der Waals surface area contributed by atoms with Gasteiger partial charge in [0.05, 0.1) is 18.0 Å². The average molecular weight is 221 g/mol. The Kier molecular flexibility index (Phi) is 2.78. The molecule has 86 valence electrons. The van der Waals surface area contributed by atoms with Crippen molar-refractivity contribution in [1.82, 2.24) is 14.9 Å². The van der Waals surface area contributed by atoms with Gasteiger partial charge in [0, 0.05) is 17.3 Å². The standard InChI is InChI=1S/C11H15N3O2/c1-7-4-10(16-13-7)5-14-9(3)11(6-15)8(2)12-14/h4,15H,5-6H2,1-3H3. The second-order valence-corrected chi connectivity index (χ2v) is 3.90. The van der Waals surface area contributed by atoms with Gasteiger partial charge in [-0.3, -0.25) is 4.68 Å².